The highest BCUT2D eigenvalue weighted by molar-refractivity contribution is 5.90. The first-order chi connectivity index (χ1) is 10.2. The van der Waals surface area contributed by atoms with Crippen LogP contribution in [0.2, 0.25) is 0 Å². The zero-order chi connectivity index (χ0) is 14.4. The molecule has 0 bridgehead atoms. The van der Waals surface area contributed by atoms with Gasteiger partial charge in [-0.3, -0.25) is 4.79 Å². The van der Waals surface area contributed by atoms with Gasteiger partial charge in [-0.25, -0.2) is 0 Å². The average molecular weight is 283 g/mol. The Morgan fingerprint density at radius 3 is 2.71 bits per heavy atom. The predicted octanol–water partition coefficient (Wildman–Crippen LogP) is 2.90. The first-order valence-corrected chi connectivity index (χ1v) is 7.22. The van der Waals surface area contributed by atoms with E-state index in [-0.39, 0.29) is 17.4 Å². The number of carbonyl (C=O) groups is 1. The van der Waals surface area contributed by atoms with Gasteiger partial charge in [0.05, 0.1) is 18.8 Å². The first-order valence-electron chi connectivity index (χ1n) is 7.22. The Bertz CT molecular complexity index is 671. The summed E-state index contributed by atoms with van der Waals surface area (Å²) in [5.41, 5.74) is 0.852. The lowest BCUT2D eigenvalue weighted by Gasteiger charge is -2.20. The van der Waals surface area contributed by atoms with Gasteiger partial charge in [0.2, 0.25) is 5.91 Å². The van der Waals surface area contributed by atoms with Gasteiger partial charge in [0, 0.05) is 5.56 Å². The molecule has 4 heteroatoms. The van der Waals surface area contributed by atoms with E-state index in [9.17, 15) is 4.79 Å². The number of nitrogens with one attached hydrogen (secondary N) is 1. The molecule has 1 amide bonds. The Morgan fingerprint density at radius 1 is 1.33 bits per heavy atom. The standard InChI is InChI=1S/C17H17NO3/c1-20-13-6-3-2-5-12(13)15(14-7-4-8-21-14)18-16(19)17-9-11(17)10-17/h2-8,11,15H,9-10H2,1H3,(H,18,19). The highest BCUT2D eigenvalue weighted by atomic mass is 16.5. The second-order valence-corrected chi connectivity index (χ2v) is 5.93. The number of hydrogen-bond acceptors (Lipinski definition) is 3. The molecule has 2 aromatic rings. The Morgan fingerprint density at radius 2 is 2.10 bits per heavy atom. The summed E-state index contributed by atoms with van der Waals surface area (Å²) in [6, 6.07) is 11.1. The van der Waals surface area contributed by atoms with Crippen LogP contribution in [0.25, 0.3) is 0 Å². The van der Waals surface area contributed by atoms with Crippen molar-refractivity contribution in [3.05, 3.63) is 54.0 Å². The molecule has 0 spiro atoms. The molecule has 108 valence electrons. The number of hydrogen-bond donors (Lipinski definition) is 1. The van der Waals surface area contributed by atoms with Crippen molar-refractivity contribution in [3.8, 4) is 5.75 Å². The second-order valence-electron chi connectivity index (χ2n) is 5.93. The number of amides is 1. The van der Waals surface area contributed by atoms with Crippen molar-refractivity contribution in [3.63, 3.8) is 0 Å². The SMILES string of the molecule is COc1ccccc1C(NC(=O)C12CC1C2)c1ccco1. The molecule has 0 aliphatic heterocycles. The molecule has 21 heavy (non-hydrogen) atoms. The first kappa shape index (κ1) is 12.5. The molecule has 1 aromatic heterocycles. The molecule has 2 saturated carbocycles. The lowest BCUT2D eigenvalue weighted by Crippen LogP contribution is -2.32. The van der Waals surface area contributed by atoms with E-state index < -0.39 is 0 Å². The molecule has 1 heterocycles. The number of ether oxygens (including phenoxy) is 1. The summed E-state index contributed by atoms with van der Waals surface area (Å²) in [6.45, 7) is 0. The third-order valence-electron chi connectivity index (χ3n) is 4.69. The van der Waals surface area contributed by atoms with Gasteiger partial charge in [0.15, 0.2) is 0 Å². The lowest BCUT2D eigenvalue weighted by atomic mass is 10.0. The normalized spacial score (nSPS) is 26.6. The predicted molar refractivity (Wildman–Crippen MR) is 76.8 cm³/mol. The molecular weight excluding hydrogens is 266 g/mol. The number of para-hydroxylation sites is 1. The number of carbonyl (C=O) groups excluding carboxylic acids is 1. The van der Waals surface area contributed by atoms with Crippen molar-refractivity contribution in [1.82, 2.24) is 5.32 Å². The molecule has 2 fully saturated rings. The van der Waals surface area contributed by atoms with Gasteiger partial charge in [-0.05, 0) is 37.0 Å². The molecule has 1 atom stereocenters. The number of fused-ring (bicyclic) bond motifs is 1. The molecule has 0 saturated heterocycles. The lowest BCUT2D eigenvalue weighted by molar-refractivity contribution is -0.124. The van der Waals surface area contributed by atoms with Crippen LogP contribution in [-0.4, -0.2) is 13.0 Å². The smallest absolute Gasteiger partial charge is 0.227 e. The van der Waals surface area contributed by atoms with E-state index in [1.165, 1.54) is 0 Å². The minimum Gasteiger partial charge on any atom is -0.496 e. The van der Waals surface area contributed by atoms with Gasteiger partial charge in [0.1, 0.15) is 17.6 Å². The maximum absolute atomic E-state index is 12.5. The Kier molecular flexibility index (Phi) is 2.61. The van der Waals surface area contributed by atoms with Gasteiger partial charge >= 0.3 is 0 Å². The minimum atomic E-state index is -0.306. The van der Waals surface area contributed by atoms with Crippen molar-refractivity contribution in [2.24, 2.45) is 11.3 Å². The van der Waals surface area contributed by atoms with Gasteiger partial charge in [-0.2, -0.15) is 0 Å². The van der Waals surface area contributed by atoms with E-state index in [0.29, 0.717) is 5.92 Å². The fraction of sp³-hybridized carbons (Fsp3) is 0.353. The maximum Gasteiger partial charge on any atom is 0.227 e. The number of rotatable bonds is 5. The molecule has 2 aliphatic carbocycles. The third-order valence-corrected chi connectivity index (χ3v) is 4.69. The molecule has 4 rings (SSSR count). The summed E-state index contributed by atoms with van der Waals surface area (Å²) >= 11 is 0. The van der Waals surface area contributed by atoms with Crippen LogP contribution in [0, 0.1) is 11.3 Å². The van der Waals surface area contributed by atoms with Crippen LogP contribution in [0.15, 0.2) is 47.1 Å². The third kappa shape index (κ3) is 1.94. The Hall–Kier alpha value is -2.23. The van der Waals surface area contributed by atoms with Crippen molar-refractivity contribution < 1.29 is 13.9 Å². The maximum atomic E-state index is 12.5. The molecule has 1 N–H and O–H groups in total. The molecule has 2 aliphatic rings. The van der Waals surface area contributed by atoms with Crippen LogP contribution >= 0.6 is 0 Å². The van der Waals surface area contributed by atoms with Crippen LogP contribution in [0.4, 0.5) is 0 Å². The largest absolute Gasteiger partial charge is 0.496 e. The van der Waals surface area contributed by atoms with Gasteiger partial charge < -0.3 is 14.5 Å². The van der Waals surface area contributed by atoms with Crippen LogP contribution in [0.3, 0.4) is 0 Å². The average Bonchev–Trinajstić information content (AvgIpc) is 3.31. The van der Waals surface area contributed by atoms with Crippen molar-refractivity contribution in [2.75, 3.05) is 7.11 Å². The van der Waals surface area contributed by atoms with Gasteiger partial charge in [0.25, 0.3) is 0 Å². The summed E-state index contributed by atoms with van der Waals surface area (Å²) in [5.74, 6) is 2.23. The van der Waals surface area contributed by atoms with E-state index in [0.717, 1.165) is 29.9 Å². The highest BCUT2D eigenvalue weighted by Gasteiger charge is 2.74. The van der Waals surface area contributed by atoms with Crippen molar-refractivity contribution in [1.29, 1.82) is 0 Å². The van der Waals surface area contributed by atoms with E-state index in [1.807, 2.05) is 36.4 Å². The van der Waals surface area contributed by atoms with E-state index >= 15 is 0 Å². The summed E-state index contributed by atoms with van der Waals surface area (Å²) in [5, 5.41) is 3.14. The van der Waals surface area contributed by atoms with Crippen LogP contribution < -0.4 is 10.1 Å². The molecule has 4 nitrogen and oxygen atoms in total. The Labute approximate surface area is 123 Å². The van der Waals surface area contributed by atoms with Crippen LogP contribution in [0.1, 0.15) is 30.2 Å². The number of methoxy groups -OCH3 is 1. The van der Waals surface area contributed by atoms with Gasteiger partial charge in [-0.15, -0.1) is 0 Å². The number of benzene rings is 1. The number of furan rings is 1. The fourth-order valence-electron chi connectivity index (χ4n) is 3.01. The zero-order valence-corrected chi connectivity index (χ0v) is 11.8. The van der Waals surface area contributed by atoms with Crippen LogP contribution in [-0.2, 0) is 4.79 Å². The molecule has 1 unspecified atom stereocenters. The highest BCUT2D eigenvalue weighted by Crippen LogP contribution is 2.75. The molecular formula is C17H17NO3. The van der Waals surface area contributed by atoms with Crippen LogP contribution in [0.5, 0.6) is 5.75 Å². The fourth-order valence-corrected chi connectivity index (χ4v) is 3.01. The quantitative estimate of drug-likeness (QED) is 0.918. The van der Waals surface area contributed by atoms with E-state index in [1.54, 1.807) is 13.4 Å². The summed E-state index contributed by atoms with van der Waals surface area (Å²) < 4.78 is 11.0. The molecule has 1 aromatic carbocycles. The Balaban J connectivity index is 1.68. The van der Waals surface area contributed by atoms with Crippen molar-refractivity contribution >= 4 is 5.91 Å². The zero-order valence-electron chi connectivity index (χ0n) is 11.8. The van der Waals surface area contributed by atoms with Gasteiger partial charge in [-0.1, -0.05) is 18.2 Å². The minimum absolute atomic E-state index is 0.0626. The second kappa shape index (κ2) is 4.38. The topological polar surface area (TPSA) is 51.5 Å². The summed E-state index contributed by atoms with van der Waals surface area (Å²) in [4.78, 5) is 12.5. The van der Waals surface area contributed by atoms with E-state index in [2.05, 4.69) is 5.32 Å². The summed E-state index contributed by atoms with van der Waals surface area (Å²) in [7, 11) is 1.64. The van der Waals surface area contributed by atoms with Crippen molar-refractivity contribution in [2.45, 2.75) is 18.9 Å². The molecule has 0 radical (unpaired) electrons. The van der Waals surface area contributed by atoms with E-state index in [4.69, 9.17) is 9.15 Å². The summed E-state index contributed by atoms with van der Waals surface area (Å²) in [6.07, 6.45) is 3.70. The monoisotopic (exact) mass is 283 g/mol.